The van der Waals surface area contributed by atoms with Gasteiger partial charge in [-0.05, 0) is 48.9 Å². The van der Waals surface area contributed by atoms with Crippen molar-refractivity contribution in [3.05, 3.63) is 71.7 Å². The van der Waals surface area contributed by atoms with Crippen LogP contribution in [0.15, 0.2) is 54.6 Å². The lowest BCUT2D eigenvalue weighted by molar-refractivity contribution is 0.0697. The molecular formula is C19H16FN3O2. The van der Waals surface area contributed by atoms with Crippen molar-refractivity contribution in [3.8, 4) is 11.4 Å². The molecule has 0 aliphatic heterocycles. The number of aromatic nitrogens is 2. The molecule has 0 saturated carbocycles. The highest BCUT2D eigenvalue weighted by atomic mass is 19.1. The Morgan fingerprint density at radius 1 is 1.12 bits per heavy atom. The van der Waals surface area contributed by atoms with Crippen molar-refractivity contribution in [2.24, 2.45) is 0 Å². The number of carbonyl (C=O) groups is 1. The van der Waals surface area contributed by atoms with Crippen LogP contribution in [0, 0.1) is 5.82 Å². The van der Waals surface area contributed by atoms with E-state index in [4.69, 9.17) is 5.11 Å². The van der Waals surface area contributed by atoms with Gasteiger partial charge in [-0.15, -0.1) is 0 Å². The Bertz CT molecular complexity index is 911. The zero-order chi connectivity index (χ0) is 17.8. The lowest BCUT2D eigenvalue weighted by atomic mass is 10.2. The molecule has 0 radical (unpaired) electrons. The minimum Gasteiger partial charge on any atom is -0.478 e. The fraction of sp³-hybridized carbons (Fsp3) is 0.105. The van der Waals surface area contributed by atoms with Crippen molar-refractivity contribution in [2.45, 2.75) is 13.3 Å². The first-order chi connectivity index (χ1) is 12.0. The minimum absolute atomic E-state index is 0.188. The number of carboxylic acid groups (broad SMARTS) is 1. The molecule has 0 unspecified atom stereocenters. The molecule has 0 fully saturated rings. The van der Waals surface area contributed by atoms with E-state index in [1.165, 1.54) is 24.3 Å². The van der Waals surface area contributed by atoms with Gasteiger partial charge in [0.15, 0.2) is 5.82 Å². The van der Waals surface area contributed by atoms with E-state index >= 15 is 0 Å². The number of aromatic carboxylic acids is 1. The predicted molar refractivity (Wildman–Crippen MR) is 93.5 cm³/mol. The Kier molecular flexibility index (Phi) is 4.70. The molecule has 1 aromatic heterocycles. The number of halogens is 1. The Labute approximate surface area is 144 Å². The van der Waals surface area contributed by atoms with Crippen LogP contribution in [-0.2, 0) is 6.42 Å². The summed E-state index contributed by atoms with van der Waals surface area (Å²) in [5, 5.41) is 12.2. The van der Waals surface area contributed by atoms with Gasteiger partial charge in [0, 0.05) is 23.0 Å². The number of rotatable bonds is 5. The van der Waals surface area contributed by atoms with Gasteiger partial charge in [-0.2, -0.15) is 0 Å². The number of aryl methyl sites for hydroxylation is 1. The Morgan fingerprint density at radius 3 is 2.56 bits per heavy atom. The normalized spacial score (nSPS) is 10.5. The van der Waals surface area contributed by atoms with E-state index < -0.39 is 5.97 Å². The molecule has 5 nitrogen and oxygen atoms in total. The van der Waals surface area contributed by atoms with E-state index in [0.29, 0.717) is 29.3 Å². The van der Waals surface area contributed by atoms with Crippen LogP contribution in [-0.4, -0.2) is 21.0 Å². The first kappa shape index (κ1) is 16.6. The first-order valence-corrected chi connectivity index (χ1v) is 7.79. The SMILES string of the molecule is CCc1cc(Nc2cccc(C(=O)O)c2)nc(-c2ccc(F)cc2)n1. The number of benzene rings is 2. The summed E-state index contributed by atoms with van der Waals surface area (Å²) in [5.74, 6) is -0.281. The second-order valence-corrected chi connectivity index (χ2v) is 5.44. The van der Waals surface area contributed by atoms with Gasteiger partial charge in [0.05, 0.1) is 5.56 Å². The van der Waals surface area contributed by atoms with Gasteiger partial charge >= 0.3 is 5.97 Å². The van der Waals surface area contributed by atoms with E-state index in [1.54, 1.807) is 30.3 Å². The predicted octanol–water partition coefficient (Wildman–Crippen LogP) is 4.29. The number of nitrogens with zero attached hydrogens (tertiary/aromatic N) is 2. The molecule has 0 aliphatic carbocycles. The molecule has 2 aromatic carbocycles. The van der Waals surface area contributed by atoms with Crippen LogP contribution in [0.2, 0.25) is 0 Å². The number of anilines is 2. The summed E-state index contributed by atoms with van der Waals surface area (Å²) in [7, 11) is 0. The van der Waals surface area contributed by atoms with Gasteiger partial charge in [-0.25, -0.2) is 19.2 Å². The largest absolute Gasteiger partial charge is 0.478 e. The lowest BCUT2D eigenvalue weighted by Gasteiger charge is -2.10. The van der Waals surface area contributed by atoms with Gasteiger partial charge in [0.1, 0.15) is 11.6 Å². The summed E-state index contributed by atoms with van der Waals surface area (Å²) >= 11 is 0. The Morgan fingerprint density at radius 2 is 1.88 bits per heavy atom. The summed E-state index contributed by atoms with van der Waals surface area (Å²) in [6, 6.07) is 14.3. The number of hydrogen-bond acceptors (Lipinski definition) is 4. The maximum atomic E-state index is 13.1. The molecule has 6 heteroatoms. The van der Waals surface area contributed by atoms with Crippen molar-refractivity contribution in [1.82, 2.24) is 9.97 Å². The molecule has 1 heterocycles. The number of nitrogens with one attached hydrogen (secondary N) is 1. The highest BCUT2D eigenvalue weighted by molar-refractivity contribution is 5.89. The molecule has 0 spiro atoms. The van der Waals surface area contributed by atoms with Crippen LogP contribution in [0.4, 0.5) is 15.9 Å². The van der Waals surface area contributed by atoms with E-state index in [2.05, 4.69) is 15.3 Å². The zero-order valence-electron chi connectivity index (χ0n) is 13.5. The molecule has 25 heavy (non-hydrogen) atoms. The third-order valence-electron chi connectivity index (χ3n) is 3.63. The molecule has 126 valence electrons. The number of carboxylic acids is 1. The molecular weight excluding hydrogens is 321 g/mol. The van der Waals surface area contributed by atoms with Gasteiger partial charge in [0.25, 0.3) is 0 Å². The molecule has 0 bridgehead atoms. The fourth-order valence-corrected chi connectivity index (χ4v) is 2.35. The van der Waals surface area contributed by atoms with E-state index in [0.717, 1.165) is 5.69 Å². The van der Waals surface area contributed by atoms with Crippen LogP contribution in [0.25, 0.3) is 11.4 Å². The molecule has 3 aromatic rings. The molecule has 0 aliphatic rings. The third-order valence-corrected chi connectivity index (χ3v) is 3.63. The van der Waals surface area contributed by atoms with Crippen molar-refractivity contribution < 1.29 is 14.3 Å². The number of hydrogen-bond donors (Lipinski definition) is 2. The molecule has 0 amide bonds. The fourth-order valence-electron chi connectivity index (χ4n) is 2.35. The summed E-state index contributed by atoms with van der Waals surface area (Å²) in [6.45, 7) is 1.98. The molecule has 2 N–H and O–H groups in total. The second-order valence-electron chi connectivity index (χ2n) is 5.44. The monoisotopic (exact) mass is 337 g/mol. The summed E-state index contributed by atoms with van der Waals surface area (Å²) in [5.41, 5.74) is 2.34. The van der Waals surface area contributed by atoms with E-state index in [-0.39, 0.29) is 11.4 Å². The Hall–Kier alpha value is -3.28. The van der Waals surface area contributed by atoms with Crippen LogP contribution in [0.5, 0.6) is 0 Å². The standard InChI is InChI=1S/C19H16FN3O2/c1-2-15-11-17(21-16-5-3-4-13(10-16)19(24)25)23-18(22-15)12-6-8-14(20)9-7-12/h3-11H,2H2,1H3,(H,24,25)(H,21,22,23). The second kappa shape index (κ2) is 7.09. The van der Waals surface area contributed by atoms with Gasteiger partial charge in [-0.1, -0.05) is 13.0 Å². The van der Waals surface area contributed by atoms with Crippen LogP contribution >= 0.6 is 0 Å². The topological polar surface area (TPSA) is 75.1 Å². The molecule has 0 saturated heterocycles. The molecule has 3 rings (SSSR count). The maximum absolute atomic E-state index is 13.1. The van der Waals surface area contributed by atoms with Crippen LogP contribution in [0.1, 0.15) is 23.0 Å². The maximum Gasteiger partial charge on any atom is 0.335 e. The lowest BCUT2D eigenvalue weighted by Crippen LogP contribution is -2.02. The Balaban J connectivity index is 1.96. The summed E-state index contributed by atoms with van der Waals surface area (Å²) in [4.78, 5) is 20.0. The summed E-state index contributed by atoms with van der Waals surface area (Å²) < 4.78 is 13.1. The highest BCUT2D eigenvalue weighted by Gasteiger charge is 2.08. The average molecular weight is 337 g/mol. The third kappa shape index (κ3) is 3.98. The minimum atomic E-state index is -0.993. The zero-order valence-corrected chi connectivity index (χ0v) is 13.5. The van der Waals surface area contributed by atoms with Gasteiger partial charge in [-0.3, -0.25) is 0 Å². The van der Waals surface area contributed by atoms with Crippen LogP contribution < -0.4 is 5.32 Å². The van der Waals surface area contributed by atoms with Gasteiger partial charge in [0.2, 0.25) is 0 Å². The average Bonchev–Trinajstić information content (AvgIpc) is 2.62. The summed E-state index contributed by atoms with van der Waals surface area (Å²) in [6.07, 6.45) is 0.709. The van der Waals surface area contributed by atoms with Crippen molar-refractivity contribution >= 4 is 17.5 Å². The van der Waals surface area contributed by atoms with Gasteiger partial charge < -0.3 is 10.4 Å². The van der Waals surface area contributed by atoms with Crippen molar-refractivity contribution in [3.63, 3.8) is 0 Å². The van der Waals surface area contributed by atoms with Crippen LogP contribution in [0.3, 0.4) is 0 Å². The highest BCUT2D eigenvalue weighted by Crippen LogP contribution is 2.22. The first-order valence-electron chi connectivity index (χ1n) is 7.79. The van der Waals surface area contributed by atoms with E-state index in [9.17, 15) is 9.18 Å². The molecule has 0 atom stereocenters. The smallest absolute Gasteiger partial charge is 0.335 e. The van der Waals surface area contributed by atoms with Crippen molar-refractivity contribution in [1.29, 1.82) is 0 Å². The van der Waals surface area contributed by atoms with E-state index in [1.807, 2.05) is 6.92 Å². The van der Waals surface area contributed by atoms with Crippen molar-refractivity contribution in [2.75, 3.05) is 5.32 Å². The quantitative estimate of drug-likeness (QED) is 0.726.